The van der Waals surface area contributed by atoms with E-state index in [4.69, 9.17) is 16.3 Å². The number of halogens is 1. The average Bonchev–Trinajstić information content (AvgIpc) is 2.16. The molecule has 0 aromatic carbocycles. The number of hydrogen-bond acceptors (Lipinski definition) is 2. The van der Waals surface area contributed by atoms with Crippen LogP contribution >= 0.6 is 11.6 Å². The van der Waals surface area contributed by atoms with Crippen LogP contribution in [0.4, 0.5) is 0 Å². The highest BCUT2D eigenvalue weighted by Crippen LogP contribution is 1.96. The maximum absolute atomic E-state index is 11.2. The summed E-state index contributed by atoms with van der Waals surface area (Å²) in [5, 5.41) is 2.75. The molecule has 0 aliphatic heterocycles. The number of rotatable bonds is 7. The van der Waals surface area contributed by atoms with Crippen LogP contribution in [-0.2, 0) is 9.53 Å². The van der Waals surface area contributed by atoms with Gasteiger partial charge in [-0.25, -0.2) is 0 Å². The van der Waals surface area contributed by atoms with E-state index < -0.39 is 0 Å². The minimum Gasteiger partial charge on any atom is -0.502 e. The third kappa shape index (κ3) is 6.46. The van der Waals surface area contributed by atoms with E-state index in [9.17, 15) is 4.79 Å². The summed E-state index contributed by atoms with van der Waals surface area (Å²) < 4.78 is 4.89. The summed E-state index contributed by atoms with van der Waals surface area (Å²) >= 11 is 5.51. The Balaban J connectivity index is 3.31. The summed E-state index contributed by atoms with van der Waals surface area (Å²) in [7, 11) is 0. The van der Waals surface area contributed by atoms with Crippen molar-refractivity contribution >= 4 is 17.5 Å². The summed E-state index contributed by atoms with van der Waals surface area (Å²) in [4.78, 5) is 11.2. The van der Waals surface area contributed by atoms with Crippen LogP contribution < -0.4 is 5.32 Å². The Kier molecular flexibility index (Phi) is 7.50. The van der Waals surface area contributed by atoms with Crippen LogP contribution in [0.3, 0.4) is 0 Å². The van der Waals surface area contributed by atoms with E-state index >= 15 is 0 Å². The van der Waals surface area contributed by atoms with Gasteiger partial charge >= 0.3 is 0 Å². The Labute approximate surface area is 84.1 Å². The Morgan fingerprint density at radius 1 is 1.77 bits per heavy atom. The molecule has 13 heavy (non-hydrogen) atoms. The second-order valence-electron chi connectivity index (χ2n) is 2.74. The van der Waals surface area contributed by atoms with Gasteiger partial charge in [-0.1, -0.05) is 13.5 Å². The van der Waals surface area contributed by atoms with Crippen molar-refractivity contribution in [3.8, 4) is 0 Å². The molecule has 4 heteroatoms. The zero-order valence-electron chi connectivity index (χ0n) is 7.88. The van der Waals surface area contributed by atoms with E-state index in [1.165, 1.54) is 6.26 Å². The van der Waals surface area contributed by atoms with Gasteiger partial charge in [0.15, 0.2) is 0 Å². The first-order valence-electron chi connectivity index (χ1n) is 4.28. The highest BCUT2D eigenvalue weighted by Gasteiger charge is 2.09. The van der Waals surface area contributed by atoms with Gasteiger partial charge in [-0.3, -0.25) is 4.79 Å². The molecule has 0 fully saturated rings. The van der Waals surface area contributed by atoms with Gasteiger partial charge in [-0.15, -0.1) is 11.6 Å². The van der Waals surface area contributed by atoms with Gasteiger partial charge in [0.2, 0.25) is 5.91 Å². The highest BCUT2D eigenvalue weighted by molar-refractivity contribution is 6.19. The number of ether oxygens (including phenoxy) is 1. The molecule has 0 bridgehead atoms. The Morgan fingerprint density at radius 3 is 3.00 bits per heavy atom. The van der Waals surface area contributed by atoms with Crippen LogP contribution in [0.2, 0.25) is 0 Å². The predicted molar refractivity (Wildman–Crippen MR) is 53.7 cm³/mol. The second-order valence-corrected chi connectivity index (χ2v) is 3.05. The summed E-state index contributed by atoms with van der Waals surface area (Å²) in [6.07, 6.45) is 2.18. The predicted octanol–water partition coefficient (Wildman–Crippen LogP) is 1.53. The zero-order chi connectivity index (χ0) is 10.1. The molecule has 1 atom stereocenters. The quantitative estimate of drug-likeness (QED) is 0.389. The first kappa shape index (κ1) is 12.3. The molecular formula is C9H16ClNO2. The van der Waals surface area contributed by atoms with Gasteiger partial charge in [0, 0.05) is 18.3 Å². The van der Waals surface area contributed by atoms with Crippen molar-refractivity contribution in [2.45, 2.75) is 13.3 Å². The molecule has 0 saturated heterocycles. The molecule has 0 aliphatic carbocycles. The van der Waals surface area contributed by atoms with Crippen molar-refractivity contribution < 1.29 is 9.53 Å². The second kappa shape index (κ2) is 7.92. The molecule has 3 nitrogen and oxygen atoms in total. The number of hydrogen-bond donors (Lipinski definition) is 1. The molecule has 76 valence electrons. The maximum atomic E-state index is 11.2. The lowest BCUT2D eigenvalue weighted by Crippen LogP contribution is -2.31. The number of nitrogens with one attached hydrogen (secondary N) is 1. The van der Waals surface area contributed by atoms with Crippen molar-refractivity contribution in [1.29, 1.82) is 0 Å². The van der Waals surface area contributed by atoms with Crippen LogP contribution in [-0.4, -0.2) is 24.9 Å². The van der Waals surface area contributed by atoms with Gasteiger partial charge in [-0.05, 0) is 6.42 Å². The molecule has 0 aromatic heterocycles. The Morgan fingerprint density at radius 2 is 2.46 bits per heavy atom. The molecule has 0 rings (SSSR count). The van der Waals surface area contributed by atoms with E-state index in [1.54, 1.807) is 6.92 Å². The smallest absolute Gasteiger partial charge is 0.224 e. The highest BCUT2D eigenvalue weighted by atomic mass is 35.5. The van der Waals surface area contributed by atoms with Crippen LogP contribution in [0.25, 0.3) is 0 Å². The van der Waals surface area contributed by atoms with Crippen molar-refractivity contribution in [3.63, 3.8) is 0 Å². The lowest BCUT2D eigenvalue weighted by molar-refractivity contribution is -0.123. The third-order valence-corrected chi connectivity index (χ3v) is 2.00. The van der Waals surface area contributed by atoms with E-state index in [2.05, 4.69) is 11.9 Å². The van der Waals surface area contributed by atoms with Crippen molar-refractivity contribution in [1.82, 2.24) is 5.32 Å². The molecule has 0 radical (unpaired) electrons. The van der Waals surface area contributed by atoms with E-state index in [-0.39, 0.29) is 11.8 Å². The molecule has 0 heterocycles. The van der Waals surface area contributed by atoms with E-state index in [0.29, 0.717) is 19.0 Å². The zero-order valence-corrected chi connectivity index (χ0v) is 8.64. The summed E-state index contributed by atoms with van der Waals surface area (Å²) in [5.41, 5.74) is 0. The van der Waals surface area contributed by atoms with Gasteiger partial charge in [-0.2, -0.15) is 0 Å². The first-order chi connectivity index (χ1) is 6.22. The largest absolute Gasteiger partial charge is 0.502 e. The topological polar surface area (TPSA) is 38.3 Å². The Bertz CT molecular complexity index is 162. The normalized spacial score (nSPS) is 11.8. The Hall–Kier alpha value is -0.700. The fourth-order valence-electron chi connectivity index (χ4n) is 0.695. The minimum absolute atomic E-state index is 0.00592. The molecule has 1 N–H and O–H groups in total. The van der Waals surface area contributed by atoms with Crippen LogP contribution in [0, 0.1) is 5.92 Å². The third-order valence-electron chi connectivity index (χ3n) is 1.54. The van der Waals surface area contributed by atoms with Crippen molar-refractivity contribution in [2.24, 2.45) is 5.92 Å². The minimum atomic E-state index is -0.123. The SMILES string of the molecule is C=COCCCNC(=O)C(C)CCl. The summed E-state index contributed by atoms with van der Waals surface area (Å²) in [5.74, 6) is 0.227. The molecular weight excluding hydrogens is 190 g/mol. The van der Waals surface area contributed by atoms with Crippen LogP contribution in [0.5, 0.6) is 0 Å². The monoisotopic (exact) mass is 205 g/mol. The number of alkyl halides is 1. The van der Waals surface area contributed by atoms with Crippen LogP contribution in [0.15, 0.2) is 12.8 Å². The fraction of sp³-hybridized carbons (Fsp3) is 0.667. The number of carbonyl (C=O) groups is 1. The van der Waals surface area contributed by atoms with Gasteiger partial charge < -0.3 is 10.1 Å². The van der Waals surface area contributed by atoms with E-state index in [1.807, 2.05) is 0 Å². The standard InChI is InChI=1S/C9H16ClNO2/c1-3-13-6-4-5-11-9(12)8(2)7-10/h3,8H,1,4-7H2,2H3,(H,11,12). The molecule has 1 amide bonds. The van der Waals surface area contributed by atoms with Crippen molar-refractivity contribution in [3.05, 3.63) is 12.8 Å². The number of amides is 1. The van der Waals surface area contributed by atoms with Crippen molar-refractivity contribution in [2.75, 3.05) is 19.0 Å². The van der Waals surface area contributed by atoms with Gasteiger partial charge in [0.1, 0.15) is 0 Å². The molecule has 0 saturated carbocycles. The first-order valence-corrected chi connectivity index (χ1v) is 4.82. The lowest BCUT2D eigenvalue weighted by atomic mass is 10.2. The molecule has 0 aromatic rings. The van der Waals surface area contributed by atoms with E-state index in [0.717, 1.165) is 6.42 Å². The average molecular weight is 206 g/mol. The fourth-order valence-corrected chi connectivity index (χ4v) is 0.835. The van der Waals surface area contributed by atoms with Crippen LogP contribution in [0.1, 0.15) is 13.3 Å². The summed E-state index contributed by atoms with van der Waals surface area (Å²) in [6.45, 7) is 6.40. The maximum Gasteiger partial charge on any atom is 0.224 e. The molecule has 0 spiro atoms. The molecule has 1 unspecified atom stereocenters. The molecule has 0 aliphatic rings. The summed E-state index contributed by atoms with van der Waals surface area (Å²) in [6, 6.07) is 0. The lowest BCUT2D eigenvalue weighted by Gasteiger charge is -2.08. The van der Waals surface area contributed by atoms with Gasteiger partial charge in [0.25, 0.3) is 0 Å². The number of carbonyl (C=O) groups excluding carboxylic acids is 1. The van der Waals surface area contributed by atoms with Gasteiger partial charge in [0.05, 0.1) is 12.9 Å².